The van der Waals surface area contributed by atoms with E-state index in [0.717, 1.165) is 26.2 Å². The molecule has 0 unspecified atom stereocenters. The molecule has 1 aromatic heterocycles. The molecule has 0 radical (unpaired) electrons. The molecule has 0 spiro atoms. The van der Waals surface area contributed by atoms with Crippen LogP contribution in [0.1, 0.15) is 13.8 Å². The Kier molecular flexibility index (Phi) is 6.18. The van der Waals surface area contributed by atoms with Crippen molar-refractivity contribution in [2.45, 2.75) is 44.8 Å². The lowest BCUT2D eigenvalue weighted by molar-refractivity contribution is -0.0831. The molecule has 136 valence electrons. The largest absolute Gasteiger partial charge is 0.390 e. The highest BCUT2D eigenvalue weighted by Gasteiger charge is 2.26. The summed E-state index contributed by atoms with van der Waals surface area (Å²) in [7, 11) is 0. The normalized spacial score (nSPS) is 31.2. The van der Waals surface area contributed by atoms with Gasteiger partial charge in [0.1, 0.15) is 12.7 Å². The number of nitrogens with zero attached hydrogens (tertiary/aromatic N) is 5. The van der Waals surface area contributed by atoms with Gasteiger partial charge in [-0.2, -0.15) is 5.10 Å². The maximum absolute atomic E-state index is 10.5. The van der Waals surface area contributed by atoms with Gasteiger partial charge in [-0.1, -0.05) is 0 Å². The third-order valence-electron chi connectivity index (χ3n) is 4.51. The monoisotopic (exact) mass is 339 g/mol. The molecule has 1 aromatic rings. The zero-order chi connectivity index (χ0) is 16.9. The van der Waals surface area contributed by atoms with Crippen LogP contribution >= 0.6 is 0 Å². The van der Waals surface area contributed by atoms with Gasteiger partial charge in [0.2, 0.25) is 0 Å². The summed E-state index contributed by atoms with van der Waals surface area (Å²) in [4.78, 5) is 8.54. The van der Waals surface area contributed by atoms with Crippen LogP contribution in [-0.2, 0) is 16.0 Å². The topological polar surface area (TPSA) is 75.9 Å². The number of hydrogen-bond donors (Lipinski definition) is 1. The highest BCUT2D eigenvalue weighted by Crippen LogP contribution is 2.12. The van der Waals surface area contributed by atoms with Crippen molar-refractivity contribution in [3.63, 3.8) is 0 Å². The van der Waals surface area contributed by atoms with Crippen LogP contribution in [0.2, 0.25) is 0 Å². The molecular formula is C16H29N5O3. The zero-order valence-electron chi connectivity index (χ0n) is 14.6. The van der Waals surface area contributed by atoms with E-state index in [-0.39, 0.29) is 24.4 Å². The Hall–Kier alpha value is -1.06. The van der Waals surface area contributed by atoms with Crippen LogP contribution < -0.4 is 0 Å². The minimum Gasteiger partial charge on any atom is -0.390 e. The Morgan fingerprint density at radius 2 is 1.92 bits per heavy atom. The molecule has 2 aliphatic heterocycles. The van der Waals surface area contributed by atoms with Crippen molar-refractivity contribution >= 4 is 0 Å². The van der Waals surface area contributed by atoms with E-state index < -0.39 is 0 Å². The molecule has 3 heterocycles. The Labute approximate surface area is 143 Å². The first-order chi connectivity index (χ1) is 11.6. The molecule has 4 atom stereocenters. The van der Waals surface area contributed by atoms with Crippen molar-refractivity contribution in [1.29, 1.82) is 0 Å². The zero-order valence-corrected chi connectivity index (χ0v) is 14.6. The summed E-state index contributed by atoms with van der Waals surface area (Å²) in [6, 6.07) is 0. The van der Waals surface area contributed by atoms with Gasteiger partial charge in [-0.3, -0.25) is 14.5 Å². The number of ether oxygens (including phenoxy) is 2. The van der Waals surface area contributed by atoms with E-state index in [1.165, 1.54) is 6.33 Å². The van der Waals surface area contributed by atoms with E-state index in [1.54, 1.807) is 11.0 Å². The predicted octanol–water partition coefficient (Wildman–Crippen LogP) is -0.551. The molecule has 3 rings (SSSR count). The number of hydrogen-bond acceptors (Lipinski definition) is 7. The summed E-state index contributed by atoms with van der Waals surface area (Å²) in [5, 5.41) is 14.6. The Morgan fingerprint density at radius 1 is 1.17 bits per heavy atom. The Balaban J connectivity index is 1.42. The van der Waals surface area contributed by atoms with Crippen molar-refractivity contribution in [2.75, 3.05) is 45.9 Å². The van der Waals surface area contributed by atoms with Gasteiger partial charge in [0, 0.05) is 39.3 Å². The van der Waals surface area contributed by atoms with Crippen molar-refractivity contribution in [3.05, 3.63) is 12.7 Å². The van der Waals surface area contributed by atoms with Crippen LogP contribution in [0.25, 0.3) is 0 Å². The van der Waals surface area contributed by atoms with Crippen LogP contribution in [0, 0.1) is 0 Å². The number of rotatable bonds is 6. The third kappa shape index (κ3) is 5.22. The van der Waals surface area contributed by atoms with Crippen LogP contribution in [0.3, 0.4) is 0 Å². The van der Waals surface area contributed by atoms with Crippen LogP contribution in [0.5, 0.6) is 0 Å². The average Bonchev–Trinajstić information content (AvgIpc) is 2.99. The lowest BCUT2D eigenvalue weighted by atomic mass is 10.2. The number of aliphatic hydroxyl groups is 1. The average molecular weight is 339 g/mol. The molecule has 24 heavy (non-hydrogen) atoms. The molecule has 0 aliphatic carbocycles. The van der Waals surface area contributed by atoms with Gasteiger partial charge >= 0.3 is 0 Å². The lowest BCUT2D eigenvalue weighted by Gasteiger charge is -2.38. The fourth-order valence-electron chi connectivity index (χ4n) is 3.68. The Morgan fingerprint density at radius 3 is 2.62 bits per heavy atom. The highest BCUT2D eigenvalue weighted by atomic mass is 16.5. The van der Waals surface area contributed by atoms with Gasteiger partial charge in [0.15, 0.2) is 0 Å². The SMILES string of the molecule is C[C@@H]1CN(C[C@H](O)CN2CCO[C@H](Cn3cncn3)C2)C[C@@H](C)O1. The van der Waals surface area contributed by atoms with E-state index >= 15 is 0 Å². The van der Waals surface area contributed by atoms with E-state index in [4.69, 9.17) is 9.47 Å². The maximum Gasteiger partial charge on any atom is 0.137 e. The van der Waals surface area contributed by atoms with Gasteiger partial charge < -0.3 is 14.6 Å². The third-order valence-corrected chi connectivity index (χ3v) is 4.51. The number of morpholine rings is 2. The van der Waals surface area contributed by atoms with Crippen LogP contribution in [0.4, 0.5) is 0 Å². The summed E-state index contributed by atoms with van der Waals surface area (Å²) in [5.74, 6) is 0. The fourth-order valence-corrected chi connectivity index (χ4v) is 3.68. The van der Waals surface area contributed by atoms with Crippen molar-refractivity contribution in [1.82, 2.24) is 24.6 Å². The second-order valence-corrected chi connectivity index (χ2v) is 7.00. The molecule has 8 nitrogen and oxygen atoms in total. The van der Waals surface area contributed by atoms with E-state index in [1.807, 2.05) is 0 Å². The standard InChI is InChI=1S/C16H29N5O3/c1-13-5-20(6-14(2)24-13)8-15(22)7-19-3-4-23-16(9-19)10-21-12-17-11-18-21/h11-16,22H,3-10H2,1-2H3/t13-,14-,15-,16+/m1/s1. The van der Waals surface area contributed by atoms with Gasteiger partial charge in [0.25, 0.3) is 0 Å². The smallest absolute Gasteiger partial charge is 0.137 e. The molecule has 2 saturated heterocycles. The number of aliphatic hydroxyl groups excluding tert-OH is 1. The molecule has 0 saturated carbocycles. The Bertz CT molecular complexity index is 476. The summed E-state index contributed by atoms with van der Waals surface area (Å²) < 4.78 is 13.3. The first kappa shape index (κ1) is 17.8. The molecule has 0 bridgehead atoms. The predicted molar refractivity (Wildman–Crippen MR) is 88.7 cm³/mol. The summed E-state index contributed by atoms with van der Waals surface area (Å²) in [5.41, 5.74) is 0. The second-order valence-electron chi connectivity index (χ2n) is 7.00. The van der Waals surface area contributed by atoms with Gasteiger partial charge in [-0.25, -0.2) is 4.98 Å². The number of β-amino-alcohol motifs (C(OH)–C–C–N with tert-alkyl or cyclic N) is 1. The fraction of sp³-hybridized carbons (Fsp3) is 0.875. The van der Waals surface area contributed by atoms with E-state index in [9.17, 15) is 5.11 Å². The molecule has 2 fully saturated rings. The minimum absolute atomic E-state index is 0.0936. The quantitative estimate of drug-likeness (QED) is 0.745. The lowest BCUT2D eigenvalue weighted by Crippen LogP contribution is -2.51. The van der Waals surface area contributed by atoms with Crippen molar-refractivity contribution in [3.8, 4) is 0 Å². The summed E-state index contributed by atoms with van der Waals surface area (Å²) in [6.07, 6.45) is 3.45. The molecule has 2 aliphatic rings. The second kappa shape index (κ2) is 8.35. The molecular weight excluding hydrogens is 310 g/mol. The molecule has 0 amide bonds. The van der Waals surface area contributed by atoms with Crippen molar-refractivity contribution < 1.29 is 14.6 Å². The summed E-state index contributed by atoms with van der Waals surface area (Å²) in [6.45, 7) is 10.4. The van der Waals surface area contributed by atoms with Crippen LogP contribution in [-0.4, -0.2) is 100.0 Å². The first-order valence-electron chi connectivity index (χ1n) is 8.80. The minimum atomic E-state index is -0.354. The van der Waals surface area contributed by atoms with Gasteiger partial charge in [-0.05, 0) is 13.8 Å². The van der Waals surface area contributed by atoms with Crippen LogP contribution in [0.15, 0.2) is 12.7 Å². The molecule has 8 heteroatoms. The molecule has 0 aromatic carbocycles. The van der Waals surface area contributed by atoms with Gasteiger partial charge in [0.05, 0.1) is 37.6 Å². The first-order valence-corrected chi connectivity index (χ1v) is 8.80. The molecule has 1 N–H and O–H groups in total. The maximum atomic E-state index is 10.5. The number of aromatic nitrogens is 3. The van der Waals surface area contributed by atoms with E-state index in [0.29, 0.717) is 26.2 Å². The summed E-state index contributed by atoms with van der Waals surface area (Å²) >= 11 is 0. The van der Waals surface area contributed by atoms with E-state index in [2.05, 4.69) is 33.7 Å². The highest BCUT2D eigenvalue weighted by molar-refractivity contribution is 4.79. The van der Waals surface area contributed by atoms with Gasteiger partial charge in [-0.15, -0.1) is 0 Å². The van der Waals surface area contributed by atoms with Crippen molar-refractivity contribution in [2.24, 2.45) is 0 Å².